The fourth-order valence-electron chi connectivity index (χ4n) is 2.35. The van der Waals surface area contributed by atoms with Crippen LogP contribution in [0.2, 0.25) is 0 Å². The zero-order chi connectivity index (χ0) is 17.8. The summed E-state index contributed by atoms with van der Waals surface area (Å²) < 4.78 is 5.21. The first-order valence-corrected chi connectivity index (χ1v) is 7.83. The number of ether oxygens (including phenoxy) is 1. The molecule has 1 heterocycles. The van der Waals surface area contributed by atoms with E-state index in [2.05, 4.69) is 16.0 Å². The molecule has 0 radical (unpaired) electrons. The lowest BCUT2D eigenvalue weighted by atomic mass is 10.1. The Hall–Kier alpha value is -3.35. The molecular weight excluding hydrogens is 322 g/mol. The van der Waals surface area contributed by atoms with Gasteiger partial charge in [0.25, 0.3) is 0 Å². The second-order valence-corrected chi connectivity index (χ2v) is 5.48. The van der Waals surface area contributed by atoms with E-state index >= 15 is 0 Å². The Labute approximate surface area is 144 Å². The van der Waals surface area contributed by atoms with Gasteiger partial charge in [-0.1, -0.05) is 6.92 Å². The maximum absolute atomic E-state index is 12.1. The number of hydrogen-bond acceptors (Lipinski definition) is 4. The van der Waals surface area contributed by atoms with Crippen LogP contribution in [0.4, 0.5) is 21.9 Å². The highest BCUT2D eigenvalue weighted by atomic mass is 16.5. The van der Waals surface area contributed by atoms with Gasteiger partial charge in [-0.15, -0.1) is 0 Å². The number of amides is 3. The molecule has 0 aromatic heterocycles. The molecule has 0 unspecified atom stereocenters. The molecule has 128 valence electrons. The standard InChI is InChI=1S/C18H17N3O4/c1-2-17(23)19-11-3-5-12(6-4-11)20-18(24)21-13-7-8-16-14(9-13)15(22)10-25-16/h3-9H,2,10H2,1H3,(H,19,23)(H2,20,21,24). The summed E-state index contributed by atoms with van der Waals surface area (Å²) in [4.78, 5) is 35.0. The molecule has 0 spiro atoms. The van der Waals surface area contributed by atoms with Crippen molar-refractivity contribution in [3.05, 3.63) is 48.0 Å². The summed E-state index contributed by atoms with van der Waals surface area (Å²) in [5.41, 5.74) is 2.21. The second kappa shape index (κ2) is 7.04. The third-order valence-electron chi connectivity index (χ3n) is 3.64. The fourth-order valence-corrected chi connectivity index (χ4v) is 2.35. The van der Waals surface area contributed by atoms with Crippen LogP contribution < -0.4 is 20.7 Å². The van der Waals surface area contributed by atoms with E-state index < -0.39 is 6.03 Å². The zero-order valence-corrected chi connectivity index (χ0v) is 13.6. The predicted molar refractivity (Wildman–Crippen MR) is 94.3 cm³/mol. The molecule has 3 N–H and O–H groups in total. The van der Waals surface area contributed by atoms with Crippen LogP contribution in [0.25, 0.3) is 0 Å². The van der Waals surface area contributed by atoms with Gasteiger partial charge in [0.2, 0.25) is 11.7 Å². The summed E-state index contributed by atoms with van der Waals surface area (Å²) in [5, 5.41) is 8.08. The first kappa shape index (κ1) is 16.5. The molecular formula is C18H17N3O4. The van der Waals surface area contributed by atoms with Crippen LogP contribution >= 0.6 is 0 Å². The summed E-state index contributed by atoms with van der Waals surface area (Å²) in [6.07, 6.45) is 0.400. The summed E-state index contributed by atoms with van der Waals surface area (Å²) in [5.74, 6) is 0.345. The number of benzene rings is 2. The maximum atomic E-state index is 12.1. The minimum Gasteiger partial charge on any atom is -0.485 e. The van der Waals surface area contributed by atoms with Crippen molar-refractivity contribution in [1.29, 1.82) is 0 Å². The van der Waals surface area contributed by atoms with Gasteiger partial charge in [0.15, 0.2) is 6.61 Å². The highest BCUT2D eigenvalue weighted by Gasteiger charge is 2.21. The lowest BCUT2D eigenvalue weighted by Crippen LogP contribution is -2.19. The Morgan fingerprint density at radius 3 is 2.24 bits per heavy atom. The number of ketones is 1. The Balaban J connectivity index is 1.60. The minimum absolute atomic E-state index is 0.0336. The molecule has 3 amide bonds. The van der Waals surface area contributed by atoms with E-state index in [1.54, 1.807) is 49.4 Å². The van der Waals surface area contributed by atoms with E-state index in [0.717, 1.165) is 0 Å². The van der Waals surface area contributed by atoms with Crippen molar-refractivity contribution in [2.75, 3.05) is 22.6 Å². The molecule has 25 heavy (non-hydrogen) atoms. The Morgan fingerprint density at radius 2 is 1.56 bits per heavy atom. The molecule has 2 aromatic rings. The van der Waals surface area contributed by atoms with E-state index in [1.165, 1.54) is 0 Å². The number of carbonyl (C=O) groups is 3. The van der Waals surface area contributed by atoms with Crippen LogP contribution in [0.1, 0.15) is 23.7 Å². The highest BCUT2D eigenvalue weighted by Crippen LogP contribution is 2.28. The lowest BCUT2D eigenvalue weighted by Gasteiger charge is -2.09. The van der Waals surface area contributed by atoms with Crippen LogP contribution in [-0.4, -0.2) is 24.3 Å². The lowest BCUT2D eigenvalue weighted by molar-refractivity contribution is -0.115. The van der Waals surface area contributed by atoms with Gasteiger partial charge in [-0.25, -0.2) is 4.79 Å². The van der Waals surface area contributed by atoms with Crippen LogP contribution in [0.3, 0.4) is 0 Å². The fraction of sp³-hybridized carbons (Fsp3) is 0.167. The van der Waals surface area contributed by atoms with Crippen molar-refractivity contribution in [3.8, 4) is 5.75 Å². The van der Waals surface area contributed by atoms with Crippen molar-refractivity contribution < 1.29 is 19.1 Å². The van der Waals surface area contributed by atoms with Crippen LogP contribution in [-0.2, 0) is 4.79 Å². The smallest absolute Gasteiger partial charge is 0.323 e. The quantitative estimate of drug-likeness (QED) is 0.796. The van der Waals surface area contributed by atoms with Crippen molar-refractivity contribution in [3.63, 3.8) is 0 Å². The van der Waals surface area contributed by atoms with Crippen LogP contribution in [0, 0.1) is 0 Å². The normalized spacial score (nSPS) is 12.1. The third-order valence-corrected chi connectivity index (χ3v) is 3.64. The summed E-state index contributed by atoms with van der Waals surface area (Å²) >= 11 is 0. The van der Waals surface area contributed by atoms with Gasteiger partial charge in [0.1, 0.15) is 5.75 Å². The van der Waals surface area contributed by atoms with Gasteiger partial charge in [-0.2, -0.15) is 0 Å². The number of urea groups is 1. The monoisotopic (exact) mass is 339 g/mol. The number of Topliss-reactive ketones (excluding diaryl/α,β-unsaturated/α-hetero) is 1. The number of hydrogen-bond donors (Lipinski definition) is 3. The first-order valence-electron chi connectivity index (χ1n) is 7.83. The number of fused-ring (bicyclic) bond motifs is 1. The zero-order valence-electron chi connectivity index (χ0n) is 13.6. The molecule has 7 heteroatoms. The largest absolute Gasteiger partial charge is 0.485 e. The average Bonchev–Trinajstić information content (AvgIpc) is 2.97. The first-order chi connectivity index (χ1) is 12.0. The molecule has 1 aliphatic heterocycles. The molecule has 7 nitrogen and oxygen atoms in total. The predicted octanol–water partition coefficient (Wildman–Crippen LogP) is 3.25. The number of nitrogens with one attached hydrogen (secondary N) is 3. The summed E-state index contributed by atoms with van der Waals surface area (Å²) in [7, 11) is 0. The summed E-state index contributed by atoms with van der Waals surface area (Å²) in [6, 6.07) is 11.3. The Kier molecular flexibility index (Phi) is 4.65. The van der Waals surface area contributed by atoms with Crippen molar-refractivity contribution in [2.24, 2.45) is 0 Å². The SMILES string of the molecule is CCC(=O)Nc1ccc(NC(=O)Nc2ccc3c(c2)C(=O)CO3)cc1. The van der Waals surface area contributed by atoms with E-state index in [0.29, 0.717) is 34.8 Å². The van der Waals surface area contributed by atoms with E-state index in [9.17, 15) is 14.4 Å². The Bertz CT molecular complexity index is 831. The van der Waals surface area contributed by atoms with Crippen LogP contribution in [0.15, 0.2) is 42.5 Å². The van der Waals surface area contributed by atoms with Crippen molar-refractivity contribution in [1.82, 2.24) is 0 Å². The number of rotatable bonds is 4. The van der Waals surface area contributed by atoms with Crippen LogP contribution in [0.5, 0.6) is 5.75 Å². The van der Waals surface area contributed by atoms with Gasteiger partial charge in [0.05, 0.1) is 5.56 Å². The maximum Gasteiger partial charge on any atom is 0.323 e. The molecule has 0 fully saturated rings. The number of anilines is 3. The van der Waals surface area contributed by atoms with Gasteiger partial charge >= 0.3 is 6.03 Å². The van der Waals surface area contributed by atoms with E-state index in [-0.39, 0.29) is 18.3 Å². The molecule has 0 atom stereocenters. The molecule has 1 aliphatic rings. The molecule has 0 aliphatic carbocycles. The van der Waals surface area contributed by atoms with Crippen molar-refractivity contribution in [2.45, 2.75) is 13.3 Å². The molecule has 3 rings (SSSR count). The Morgan fingerprint density at radius 1 is 0.960 bits per heavy atom. The molecule has 0 saturated carbocycles. The molecule has 0 bridgehead atoms. The van der Waals surface area contributed by atoms with E-state index in [4.69, 9.17) is 4.74 Å². The topological polar surface area (TPSA) is 96.5 Å². The van der Waals surface area contributed by atoms with Gasteiger partial charge in [0, 0.05) is 23.5 Å². The van der Waals surface area contributed by atoms with Gasteiger partial charge < -0.3 is 20.7 Å². The molecule has 2 aromatic carbocycles. The van der Waals surface area contributed by atoms with Gasteiger partial charge in [-0.05, 0) is 42.5 Å². The highest BCUT2D eigenvalue weighted by molar-refractivity contribution is 6.05. The number of carbonyl (C=O) groups excluding carboxylic acids is 3. The average molecular weight is 339 g/mol. The second-order valence-electron chi connectivity index (χ2n) is 5.48. The molecule has 0 saturated heterocycles. The summed E-state index contributed by atoms with van der Waals surface area (Å²) in [6.45, 7) is 1.81. The third kappa shape index (κ3) is 3.95. The van der Waals surface area contributed by atoms with Gasteiger partial charge in [-0.3, -0.25) is 9.59 Å². The minimum atomic E-state index is -0.434. The van der Waals surface area contributed by atoms with E-state index in [1.807, 2.05) is 0 Å². The van der Waals surface area contributed by atoms with Crippen molar-refractivity contribution >= 4 is 34.8 Å².